The molecule has 0 unspecified atom stereocenters. The minimum Gasteiger partial charge on any atom is -0.456 e. The van der Waals surface area contributed by atoms with Crippen LogP contribution in [-0.4, -0.2) is 4.92 Å². The Kier molecular flexibility index (Phi) is 3.99. The highest BCUT2D eigenvalue weighted by molar-refractivity contribution is 6.32. The summed E-state index contributed by atoms with van der Waals surface area (Å²) in [6.07, 6.45) is 0. The third kappa shape index (κ3) is 3.21. The molecule has 2 N–H and O–H groups in total. The first-order chi connectivity index (χ1) is 9.10. The third-order valence-corrected chi connectivity index (χ3v) is 2.81. The molecule has 2 aromatic carbocycles. The molecule has 0 spiro atoms. The maximum atomic E-state index is 10.6. The van der Waals surface area contributed by atoms with Gasteiger partial charge in [0.2, 0.25) is 0 Å². The summed E-state index contributed by atoms with van der Waals surface area (Å²) in [5.74, 6) is 0.959. The van der Waals surface area contributed by atoms with Gasteiger partial charge in [-0.1, -0.05) is 23.7 Å². The molecule has 0 atom stereocenters. The van der Waals surface area contributed by atoms with Gasteiger partial charge < -0.3 is 10.5 Å². The number of ether oxygens (including phenoxy) is 1. The standard InChI is InChI=1S/C13H11ClN2O3/c14-12-7-10(16(17)18)3-6-13(12)19-11-4-1-9(8-15)2-5-11/h1-7H,8,15H2. The van der Waals surface area contributed by atoms with Crippen LogP contribution in [-0.2, 0) is 6.54 Å². The summed E-state index contributed by atoms with van der Waals surface area (Å²) in [6, 6.07) is 11.3. The molecule has 0 aliphatic rings. The van der Waals surface area contributed by atoms with Gasteiger partial charge in [-0.2, -0.15) is 0 Å². The number of hydrogen-bond acceptors (Lipinski definition) is 4. The Morgan fingerprint density at radius 1 is 1.21 bits per heavy atom. The second-order valence-electron chi connectivity index (χ2n) is 3.82. The van der Waals surface area contributed by atoms with Crippen LogP contribution in [0.2, 0.25) is 5.02 Å². The molecular weight excluding hydrogens is 268 g/mol. The SMILES string of the molecule is NCc1ccc(Oc2ccc([N+](=O)[O-])cc2Cl)cc1. The Hall–Kier alpha value is -2.11. The Morgan fingerprint density at radius 2 is 1.89 bits per heavy atom. The first kappa shape index (κ1) is 13.3. The van der Waals surface area contributed by atoms with Crippen LogP contribution < -0.4 is 10.5 Å². The molecule has 0 aliphatic heterocycles. The molecule has 0 radical (unpaired) electrons. The fourth-order valence-corrected chi connectivity index (χ4v) is 1.72. The summed E-state index contributed by atoms with van der Waals surface area (Å²) < 4.78 is 5.55. The highest BCUT2D eigenvalue weighted by atomic mass is 35.5. The number of rotatable bonds is 4. The van der Waals surface area contributed by atoms with Gasteiger partial charge in [0.25, 0.3) is 5.69 Å². The van der Waals surface area contributed by atoms with Crippen LogP contribution in [0.5, 0.6) is 11.5 Å². The van der Waals surface area contributed by atoms with Crippen molar-refractivity contribution in [2.75, 3.05) is 0 Å². The van der Waals surface area contributed by atoms with Crippen molar-refractivity contribution < 1.29 is 9.66 Å². The van der Waals surface area contributed by atoms with Crippen LogP contribution >= 0.6 is 11.6 Å². The van der Waals surface area contributed by atoms with Gasteiger partial charge in [-0.05, 0) is 23.8 Å². The van der Waals surface area contributed by atoms with Gasteiger partial charge in [0.15, 0.2) is 0 Å². The van der Waals surface area contributed by atoms with Crippen molar-refractivity contribution in [2.45, 2.75) is 6.54 Å². The monoisotopic (exact) mass is 278 g/mol. The van der Waals surface area contributed by atoms with E-state index in [0.29, 0.717) is 18.0 Å². The second-order valence-corrected chi connectivity index (χ2v) is 4.23. The lowest BCUT2D eigenvalue weighted by atomic mass is 10.2. The van der Waals surface area contributed by atoms with E-state index in [2.05, 4.69) is 0 Å². The fraction of sp³-hybridized carbons (Fsp3) is 0.0769. The molecule has 0 bridgehead atoms. The molecule has 0 amide bonds. The predicted molar refractivity (Wildman–Crippen MR) is 72.5 cm³/mol. The van der Waals surface area contributed by atoms with Crippen LogP contribution in [0.1, 0.15) is 5.56 Å². The molecule has 0 heterocycles. The van der Waals surface area contributed by atoms with Gasteiger partial charge >= 0.3 is 0 Å². The highest BCUT2D eigenvalue weighted by Gasteiger charge is 2.10. The number of non-ortho nitro benzene ring substituents is 1. The average Bonchev–Trinajstić information content (AvgIpc) is 2.41. The van der Waals surface area contributed by atoms with Crippen LogP contribution in [0.15, 0.2) is 42.5 Å². The Bertz CT molecular complexity index is 599. The van der Waals surface area contributed by atoms with E-state index >= 15 is 0 Å². The Balaban J connectivity index is 2.20. The van der Waals surface area contributed by atoms with Crippen LogP contribution in [0, 0.1) is 10.1 Å². The van der Waals surface area contributed by atoms with E-state index in [1.54, 1.807) is 12.1 Å². The summed E-state index contributed by atoms with van der Waals surface area (Å²) in [7, 11) is 0. The van der Waals surface area contributed by atoms with E-state index in [1.165, 1.54) is 18.2 Å². The molecule has 5 nitrogen and oxygen atoms in total. The van der Waals surface area contributed by atoms with Crippen molar-refractivity contribution in [2.24, 2.45) is 5.73 Å². The smallest absolute Gasteiger partial charge is 0.271 e. The van der Waals surface area contributed by atoms with Crippen molar-refractivity contribution in [1.82, 2.24) is 0 Å². The number of nitro benzene ring substituents is 1. The third-order valence-electron chi connectivity index (χ3n) is 2.51. The van der Waals surface area contributed by atoms with Crippen molar-refractivity contribution in [1.29, 1.82) is 0 Å². The number of nitrogens with two attached hydrogens (primary N) is 1. The molecule has 6 heteroatoms. The number of hydrogen-bond donors (Lipinski definition) is 1. The molecule has 0 fully saturated rings. The van der Waals surface area contributed by atoms with Gasteiger partial charge in [-0.3, -0.25) is 10.1 Å². The summed E-state index contributed by atoms with van der Waals surface area (Å²) in [4.78, 5) is 10.1. The summed E-state index contributed by atoms with van der Waals surface area (Å²) in [5, 5.41) is 10.8. The molecular formula is C13H11ClN2O3. The quantitative estimate of drug-likeness (QED) is 0.686. The minimum absolute atomic E-state index is 0.0733. The largest absolute Gasteiger partial charge is 0.456 e. The maximum Gasteiger partial charge on any atom is 0.271 e. The zero-order chi connectivity index (χ0) is 13.8. The lowest BCUT2D eigenvalue weighted by molar-refractivity contribution is -0.384. The van der Waals surface area contributed by atoms with Crippen LogP contribution in [0.25, 0.3) is 0 Å². The summed E-state index contributed by atoms with van der Waals surface area (Å²) in [6.45, 7) is 0.457. The molecule has 0 aliphatic carbocycles. The fourth-order valence-electron chi connectivity index (χ4n) is 1.51. The topological polar surface area (TPSA) is 78.4 Å². The number of halogens is 1. The molecule has 0 saturated heterocycles. The summed E-state index contributed by atoms with van der Waals surface area (Å²) >= 11 is 5.93. The van der Waals surface area contributed by atoms with Crippen LogP contribution in [0.4, 0.5) is 5.69 Å². The molecule has 19 heavy (non-hydrogen) atoms. The highest BCUT2D eigenvalue weighted by Crippen LogP contribution is 2.32. The first-order valence-corrected chi connectivity index (χ1v) is 5.89. The maximum absolute atomic E-state index is 10.6. The van der Waals surface area contributed by atoms with E-state index in [9.17, 15) is 10.1 Å². The van der Waals surface area contributed by atoms with E-state index in [-0.39, 0.29) is 10.7 Å². The zero-order valence-electron chi connectivity index (χ0n) is 9.88. The van der Waals surface area contributed by atoms with Gasteiger partial charge in [-0.15, -0.1) is 0 Å². The normalized spacial score (nSPS) is 10.2. The molecule has 98 valence electrons. The Morgan fingerprint density at radius 3 is 2.42 bits per heavy atom. The number of benzene rings is 2. The minimum atomic E-state index is -0.508. The lowest BCUT2D eigenvalue weighted by Crippen LogP contribution is -1.95. The predicted octanol–water partition coefficient (Wildman–Crippen LogP) is 3.50. The second kappa shape index (κ2) is 5.69. The van der Waals surface area contributed by atoms with Crippen LogP contribution in [0.3, 0.4) is 0 Å². The zero-order valence-corrected chi connectivity index (χ0v) is 10.6. The number of nitro groups is 1. The van der Waals surface area contributed by atoms with E-state index in [4.69, 9.17) is 22.1 Å². The molecule has 2 aromatic rings. The number of nitrogens with zero attached hydrogens (tertiary/aromatic N) is 1. The molecule has 2 rings (SSSR count). The van der Waals surface area contributed by atoms with Crippen molar-refractivity contribution in [3.05, 3.63) is 63.2 Å². The van der Waals surface area contributed by atoms with Crippen molar-refractivity contribution >= 4 is 17.3 Å². The average molecular weight is 279 g/mol. The van der Waals surface area contributed by atoms with Gasteiger partial charge in [0, 0.05) is 18.7 Å². The van der Waals surface area contributed by atoms with Gasteiger partial charge in [0.05, 0.1) is 9.95 Å². The summed E-state index contributed by atoms with van der Waals surface area (Å²) in [5.41, 5.74) is 6.41. The van der Waals surface area contributed by atoms with E-state index in [1.807, 2.05) is 12.1 Å². The van der Waals surface area contributed by atoms with Gasteiger partial charge in [-0.25, -0.2) is 0 Å². The van der Waals surface area contributed by atoms with Crippen molar-refractivity contribution in [3.63, 3.8) is 0 Å². The van der Waals surface area contributed by atoms with Gasteiger partial charge in [0.1, 0.15) is 11.5 Å². The van der Waals surface area contributed by atoms with Crippen molar-refractivity contribution in [3.8, 4) is 11.5 Å². The molecule has 0 saturated carbocycles. The van der Waals surface area contributed by atoms with E-state index < -0.39 is 4.92 Å². The molecule has 0 aromatic heterocycles. The van der Waals surface area contributed by atoms with E-state index in [0.717, 1.165) is 5.56 Å². The Labute approximate surface area is 114 Å². The lowest BCUT2D eigenvalue weighted by Gasteiger charge is -2.07. The first-order valence-electron chi connectivity index (χ1n) is 5.51.